The van der Waals surface area contributed by atoms with Gasteiger partial charge in [-0.2, -0.15) is 0 Å². The van der Waals surface area contributed by atoms with Crippen LogP contribution in [0.1, 0.15) is 25.3 Å². The molecule has 1 aromatic rings. The van der Waals surface area contributed by atoms with Gasteiger partial charge in [0.15, 0.2) is 0 Å². The number of carbonyl (C=O) groups is 1. The fourth-order valence-electron chi connectivity index (χ4n) is 2.34. The highest BCUT2D eigenvalue weighted by Gasteiger charge is 2.17. The maximum atomic E-state index is 11.8. The number of hydrogen-bond donors (Lipinski definition) is 2. The molecule has 1 saturated heterocycles. The second-order valence-corrected chi connectivity index (χ2v) is 6.15. The van der Waals surface area contributed by atoms with Gasteiger partial charge in [-0.05, 0) is 36.9 Å². The summed E-state index contributed by atoms with van der Waals surface area (Å²) >= 11 is 1.39. The third-order valence-electron chi connectivity index (χ3n) is 3.60. The predicted molar refractivity (Wildman–Crippen MR) is 91.5 cm³/mol. The van der Waals surface area contributed by atoms with Gasteiger partial charge >= 0.3 is 6.03 Å². The zero-order valence-corrected chi connectivity index (χ0v) is 14.2. The van der Waals surface area contributed by atoms with E-state index in [1.165, 1.54) is 23.2 Å². The van der Waals surface area contributed by atoms with Crippen LogP contribution < -0.4 is 14.9 Å². The normalized spacial score (nSPS) is 14.7. The van der Waals surface area contributed by atoms with Crippen molar-refractivity contribution in [3.63, 3.8) is 0 Å². The first-order chi connectivity index (χ1) is 10.7. The molecule has 22 heavy (non-hydrogen) atoms. The van der Waals surface area contributed by atoms with Crippen molar-refractivity contribution in [2.45, 2.75) is 31.6 Å². The maximum absolute atomic E-state index is 11.8. The van der Waals surface area contributed by atoms with E-state index in [0.29, 0.717) is 6.54 Å². The summed E-state index contributed by atoms with van der Waals surface area (Å²) in [7, 11) is 0. The molecule has 0 bridgehead atoms. The first-order valence-corrected chi connectivity index (χ1v) is 8.67. The third kappa shape index (κ3) is 4.81. The number of anilines is 1. The molecule has 2 N–H and O–H groups in total. The van der Waals surface area contributed by atoms with E-state index in [9.17, 15) is 4.79 Å². The number of benzene rings is 1. The molecule has 122 valence electrons. The van der Waals surface area contributed by atoms with Gasteiger partial charge in [0.2, 0.25) is 0 Å². The lowest BCUT2D eigenvalue weighted by molar-refractivity contribution is 0.122. The molecule has 5 nitrogen and oxygen atoms in total. The van der Waals surface area contributed by atoms with Crippen LogP contribution in [0.3, 0.4) is 0 Å². The first-order valence-electron chi connectivity index (χ1n) is 7.85. The number of nitrogens with one attached hydrogen (secondary N) is 2. The van der Waals surface area contributed by atoms with Crippen LogP contribution in [0.2, 0.25) is 0 Å². The fourth-order valence-corrected chi connectivity index (χ4v) is 3.13. The van der Waals surface area contributed by atoms with E-state index in [2.05, 4.69) is 47.0 Å². The highest BCUT2D eigenvalue weighted by atomic mass is 32.2. The average molecular weight is 323 g/mol. The van der Waals surface area contributed by atoms with Gasteiger partial charge in [0.1, 0.15) is 0 Å². The Kier molecular flexibility index (Phi) is 6.86. The number of urea groups is 1. The van der Waals surface area contributed by atoms with Gasteiger partial charge in [-0.3, -0.25) is 4.72 Å². The molecule has 0 aliphatic carbocycles. The summed E-state index contributed by atoms with van der Waals surface area (Å²) in [4.78, 5) is 15.2. The van der Waals surface area contributed by atoms with Crippen LogP contribution in [0.25, 0.3) is 0 Å². The zero-order chi connectivity index (χ0) is 15.8. The molecule has 2 amide bonds. The van der Waals surface area contributed by atoms with Gasteiger partial charge in [0.25, 0.3) is 0 Å². The van der Waals surface area contributed by atoms with Crippen molar-refractivity contribution in [2.75, 3.05) is 37.7 Å². The lowest BCUT2D eigenvalue weighted by Gasteiger charge is -2.30. The summed E-state index contributed by atoms with van der Waals surface area (Å²) in [6, 6.07) is 6.11. The highest BCUT2D eigenvalue weighted by Crippen LogP contribution is 2.32. The number of hydrogen-bond acceptors (Lipinski definition) is 4. The standard InChI is InChI=1S/C16H25N3O2S/c1-3-4-8-17-16(20)18-22-15-13(2)6-5-7-14(15)19-9-11-21-12-10-19/h5-7H,3-4,8-12H2,1-2H3,(H2,17,18,20). The zero-order valence-electron chi connectivity index (χ0n) is 13.4. The molecule has 1 aliphatic heterocycles. The number of nitrogens with zero attached hydrogens (tertiary/aromatic N) is 1. The Hall–Kier alpha value is -1.40. The number of ether oxygens (including phenoxy) is 1. The summed E-state index contributed by atoms with van der Waals surface area (Å²) in [6.45, 7) is 8.18. The summed E-state index contributed by atoms with van der Waals surface area (Å²) in [6.07, 6.45) is 2.08. The number of unbranched alkanes of at least 4 members (excludes halogenated alkanes) is 1. The molecule has 1 aliphatic rings. The van der Waals surface area contributed by atoms with E-state index in [1.807, 2.05) is 0 Å². The van der Waals surface area contributed by atoms with Gasteiger partial charge in [-0.1, -0.05) is 25.5 Å². The number of rotatable bonds is 6. The Morgan fingerprint density at radius 2 is 2.14 bits per heavy atom. The van der Waals surface area contributed by atoms with Crippen LogP contribution in [0.15, 0.2) is 23.1 Å². The Bertz CT molecular complexity index is 490. The highest BCUT2D eigenvalue weighted by molar-refractivity contribution is 7.98. The van der Waals surface area contributed by atoms with Crippen LogP contribution in [0, 0.1) is 6.92 Å². The summed E-state index contributed by atoms with van der Waals surface area (Å²) in [5, 5.41) is 2.87. The number of aryl methyl sites for hydroxylation is 1. The van der Waals surface area contributed by atoms with Crippen LogP contribution in [-0.2, 0) is 4.74 Å². The van der Waals surface area contributed by atoms with Gasteiger partial charge in [-0.25, -0.2) is 4.79 Å². The minimum absolute atomic E-state index is 0.130. The summed E-state index contributed by atoms with van der Waals surface area (Å²) < 4.78 is 8.30. The van der Waals surface area contributed by atoms with Crippen molar-refractivity contribution in [1.82, 2.24) is 10.0 Å². The van der Waals surface area contributed by atoms with E-state index in [1.54, 1.807) is 0 Å². The van der Waals surface area contributed by atoms with E-state index < -0.39 is 0 Å². The Balaban J connectivity index is 1.98. The Labute approximate surface area is 136 Å². The van der Waals surface area contributed by atoms with Crippen molar-refractivity contribution in [1.29, 1.82) is 0 Å². The molecule has 6 heteroatoms. The van der Waals surface area contributed by atoms with Gasteiger partial charge in [-0.15, -0.1) is 0 Å². The molecule has 0 aromatic heterocycles. The SMILES string of the molecule is CCCCNC(=O)NSc1c(C)cccc1N1CCOCC1. The van der Waals surface area contributed by atoms with E-state index in [-0.39, 0.29) is 6.03 Å². The molecule has 0 atom stereocenters. The molecule has 0 radical (unpaired) electrons. The van der Waals surface area contributed by atoms with Gasteiger partial charge in [0, 0.05) is 19.6 Å². The maximum Gasteiger partial charge on any atom is 0.325 e. The van der Waals surface area contributed by atoms with E-state index in [0.717, 1.165) is 44.0 Å². The smallest absolute Gasteiger partial charge is 0.325 e. The van der Waals surface area contributed by atoms with Crippen molar-refractivity contribution >= 4 is 23.7 Å². The molecule has 1 heterocycles. The predicted octanol–water partition coefficient (Wildman–Crippen LogP) is 2.94. The Morgan fingerprint density at radius 3 is 2.86 bits per heavy atom. The Morgan fingerprint density at radius 1 is 1.36 bits per heavy atom. The molecule has 1 aromatic carbocycles. The molecule has 0 unspecified atom stereocenters. The van der Waals surface area contributed by atoms with Crippen molar-refractivity contribution < 1.29 is 9.53 Å². The molecule has 1 fully saturated rings. The number of amides is 2. The van der Waals surface area contributed by atoms with E-state index in [4.69, 9.17) is 4.74 Å². The fraction of sp³-hybridized carbons (Fsp3) is 0.562. The second-order valence-electron chi connectivity index (χ2n) is 5.34. The minimum atomic E-state index is -0.130. The van der Waals surface area contributed by atoms with Gasteiger partial charge < -0.3 is 15.0 Å². The monoisotopic (exact) mass is 323 g/mol. The third-order valence-corrected chi connectivity index (χ3v) is 4.63. The molecular weight excluding hydrogens is 298 g/mol. The van der Waals surface area contributed by atoms with Crippen molar-refractivity contribution in [3.05, 3.63) is 23.8 Å². The van der Waals surface area contributed by atoms with Crippen LogP contribution in [0.5, 0.6) is 0 Å². The van der Waals surface area contributed by atoms with Crippen molar-refractivity contribution in [3.8, 4) is 0 Å². The molecule has 0 spiro atoms. The van der Waals surface area contributed by atoms with Crippen LogP contribution in [-0.4, -0.2) is 38.9 Å². The van der Waals surface area contributed by atoms with Crippen molar-refractivity contribution in [2.24, 2.45) is 0 Å². The average Bonchev–Trinajstić information content (AvgIpc) is 2.54. The minimum Gasteiger partial charge on any atom is -0.378 e. The lowest BCUT2D eigenvalue weighted by Crippen LogP contribution is -2.37. The lowest BCUT2D eigenvalue weighted by atomic mass is 10.2. The topological polar surface area (TPSA) is 53.6 Å². The molecule has 2 rings (SSSR count). The summed E-state index contributed by atoms with van der Waals surface area (Å²) in [5.74, 6) is 0. The second kappa shape index (κ2) is 8.90. The number of carbonyl (C=O) groups excluding carboxylic acids is 1. The summed E-state index contributed by atoms with van der Waals surface area (Å²) in [5.41, 5.74) is 2.34. The van der Waals surface area contributed by atoms with Crippen LogP contribution in [0.4, 0.5) is 10.5 Å². The quantitative estimate of drug-likeness (QED) is 0.624. The molecule has 0 saturated carbocycles. The van der Waals surface area contributed by atoms with Crippen LogP contribution >= 0.6 is 11.9 Å². The first kappa shape index (κ1) is 17.0. The van der Waals surface area contributed by atoms with Gasteiger partial charge in [0.05, 0.1) is 23.8 Å². The van der Waals surface area contributed by atoms with E-state index >= 15 is 0 Å². The number of morpholine rings is 1. The molecular formula is C16H25N3O2S. The largest absolute Gasteiger partial charge is 0.378 e.